The van der Waals surface area contributed by atoms with E-state index in [1.165, 1.54) is 5.56 Å². The van der Waals surface area contributed by atoms with Crippen molar-refractivity contribution in [2.24, 2.45) is 0 Å². The van der Waals surface area contributed by atoms with Gasteiger partial charge in [0.2, 0.25) is 0 Å². The van der Waals surface area contributed by atoms with E-state index < -0.39 is 0 Å². The van der Waals surface area contributed by atoms with Gasteiger partial charge in [0.1, 0.15) is 5.75 Å². The van der Waals surface area contributed by atoms with Crippen molar-refractivity contribution in [3.63, 3.8) is 0 Å². The zero-order chi connectivity index (χ0) is 12.8. The molecule has 0 aliphatic carbocycles. The summed E-state index contributed by atoms with van der Waals surface area (Å²) in [6, 6.07) is 8.88. The zero-order valence-electron chi connectivity index (χ0n) is 11.2. The number of rotatable bonds is 4. The molecule has 0 fully saturated rings. The van der Waals surface area contributed by atoms with Crippen LogP contribution in [0.5, 0.6) is 5.75 Å². The highest BCUT2D eigenvalue weighted by Crippen LogP contribution is 2.36. The predicted octanol–water partition coefficient (Wildman–Crippen LogP) is 2.94. The van der Waals surface area contributed by atoms with E-state index in [-0.39, 0.29) is 0 Å². The fraction of sp³-hybridized carbons (Fsp3) is 0.500. The van der Waals surface area contributed by atoms with Crippen LogP contribution in [-0.4, -0.2) is 19.7 Å². The van der Waals surface area contributed by atoms with Gasteiger partial charge in [-0.15, -0.1) is 11.8 Å². The van der Waals surface area contributed by atoms with Crippen molar-refractivity contribution in [3.8, 4) is 17.6 Å². The monoisotopic (exact) mass is 243 g/mol. The Kier molecular flexibility index (Phi) is 4.66. The molecule has 0 amide bonds. The largest absolute Gasteiger partial charge is 0.493 e. The third kappa shape index (κ3) is 2.86. The quantitative estimate of drug-likeness (QED) is 0.821. The predicted molar refractivity (Wildman–Crippen MR) is 74.8 cm³/mol. The molecular formula is C16H21NO. The molecule has 2 heteroatoms. The Morgan fingerprint density at radius 1 is 1.44 bits per heavy atom. The topological polar surface area (TPSA) is 21.3 Å². The van der Waals surface area contributed by atoms with Gasteiger partial charge in [0, 0.05) is 18.4 Å². The molecule has 0 spiro atoms. The van der Waals surface area contributed by atoms with Crippen LogP contribution in [0, 0.1) is 11.8 Å². The van der Waals surface area contributed by atoms with E-state index in [9.17, 15) is 0 Å². The molecule has 96 valence electrons. The van der Waals surface area contributed by atoms with Crippen molar-refractivity contribution in [1.82, 2.24) is 5.32 Å². The summed E-state index contributed by atoms with van der Waals surface area (Å²) in [4.78, 5) is 0. The fourth-order valence-electron chi connectivity index (χ4n) is 2.69. The van der Waals surface area contributed by atoms with Gasteiger partial charge in [0.15, 0.2) is 0 Å². The molecule has 0 bridgehead atoms. The molecule has 2 atom stereocenters. The molecule has 0 aromatic heterocycles. The van der Waals surface area contributed by atoms with Crippen molar-refractivity contribution < 1.29 is 4.74 Å². The van der Waals surface area contributed by atoms with Gasteiger partial charge in [-0.2, -0.15) is 0 Å². The maximum Gasteiger partial charge on any atom is 0.122 e. The molecular weight excluding hydrogens is 222 g/mol. The minimum atomic E-state index is 0.482. The standard InChI is InChI=1S/C16H21NO/c1-3-4-5-9-15(17-2)13-11-12-18-16-10-7-6-8-14(13)16/h6-8,10,13,15,17H,5,9,11-12H2,1-2H3. The SMILES string of the molecule is CC#CCCC(NC)C1CCOc2ccccc21. The smallest absolute Gasteiger partial charge is 0.122 e. The van der Waals surface area contributed by atoms with E-state index in [2.05, 4.69) is 35.4 Å². The number of para-hydroxylation sites is 1. The van der Waals surface area contributed by atoms with Gasteiger partial charge in [-0.1, -0.05) is 18.2 Å². The molecule has 1 aliphatic heterocycles. The summed E-state index contributed by atoms with van der Waals surface area (Å²) in [7, 11) is 2.04. The average molecular weight is 243 g/mol. The van der Waals surface area contributed by atoms with Crippen molar-refractivity contribution in [2.75, 3.05) is 13.7 Å². The van der Waals surface area contributed by atoms with Crippen molar-refractivity contribution >= 4 is 0 Å². The number of hydrogen-bond acceptors (Lipinski definition) is 2. The summed E-state index contributed by atoms with van der Waals surface area (Å²) in [6.45, 7) is 2.72. The Labute approximate surface area is 110 Å². The van der Waals surface area contributed by atoms with Crippen LogP contribution in [0.15, 0.2) is 24.3 Å². The molecule has 2 unspecified atom stereocenters. The van der Waals surface area contributed by atoms with E-state index >= 15 is 0 Å². The lowest BCUT2D eigenvalue weighted by Crippen LogP contribution is -2.34. The lowest BCUT2D eigenvalue weighted by Gasteiger charge is -2.32. The molecule has 0 saturated carbocycles. The Morgan fingerprint density at radius 2 is 2.28 bits per heavy atom. The van der Waals surface area contributed by atoms with E-state index in [1.54, 1.807) is 0 Å². The number of fused-ring (bicyclic) bond motifs is 1. The minimum absolute atomic E-state index is 0.482. The Balaban J connectivity index is 2.13. The lowest BCUT2D eigenvalue weighted by atomic mass is 9.84. The molecule has 2 rings (SSSR count). The Bertz CT molecular complexity index is 444. The van der Waals surface area contributed by atoms with Crippen LogP contribution < -0.4 is 10.1 Å². The van der Waals surface area contributed by atoms with E-state index in [0.29, 0.717) is 12.0 Å². The molecule has 1 N–H and O–H groups in total. The summed E-state index contributed by atoms with van der Waals surface area (Å²) in [5.41, 5.74) is 1.34. The number of benzene rings is 1. The second-order valence-electron chi connectivity index (χ2n) is 4.64. The first-order valence-corrected chi connectivity index (χ1v) is 6.65. The number of nitrogens with one attached hydrogen (secondary N) is 1. The van der Waals surface area contributed by atoms with Crippen LogP contribution in [0.25, 0.3) is 0 Å². The van der Waals surface area contributed by atoms with Gasteiger partial charge in [0.05, 0.1) is 6.61 Å². The average Bonchev–Trinajstić information content (AvgIpc) is 2.43. The normalized spacial score (nSPS) is 19.1. The lowest BCUT2D eigenvalue weighted by molar-refractivity contribution is 0.245. The van der Waals surface area contributed by atoms with Crippen LogP contribution >= 0.6 is 0 Å². The zero-order valence-corrected chi connectivity index (χ0v) is 11.2. The first-order valence-electron chi connectivity index (χ1n) is 6.65. The summed E-state index contributed by atoms with van der Waals surface area (Å²) < 4.78 is 5.72. The third-order valence-corrected chi connectivity index (χ3v) is 3.62. The number of ether oxygens (including phenoxy) is 1. The number of likely N-dealkylation sites (N-methyl/N-ethyl adjacent to an activating group) is 1. The van der Waals surface area contributed by atoms with Gasteiger partial charge in [-0.3, -0.25) is 0 Å². The third-order valence-electron chi connectivity index (χ3n) is 3.62. The Hall–Kier alpha value is -1.46. The fourth-order valence-corrected chi connectivity index (χ4v) is 2.69. The first-order chi connectivity index (χ1) is 8.86. The van der Waals surface area contributed by atoms with E-state index in [0.717, 1.165) is 31.6 Å². The van der Waals surface area contributed by atoms with Crippen LogP contribution in [0.2, 0.25) is 0 Å². The van der Waals surface area contributed by atoms with Gasteiger partial charge >= 0.3 is 0 Å². The van der Waals surface area contributed by atoms with Gasteiger partial charge in [-0.25, -0.2) is 0 Å². The summed E-state index contributed by atoms with van der Waals surface area (Å²) in [6.07, 6.45) is 3.14. The van der Waals surface area contributed by atoms with Crippen LogP contribution in [-0.2, 0) is 0 Å². The van der Waals surface area contributed by atoms with Crippen molar-refractivity contribution in [1.29, 1.82) is 0 Å². The van der Waals surface area contributed by atoms with Crippen molar-refractivity contribution in [3.05, 3.63) is 29.8 Å². The summed E-state index contributed by atoms with van der Waals surface area (Å²) in [5, 5.41) is 3.45. The molecule has 1 heterocycles. The van der Waals surface area contributed by atoms with Gasteiger partial charge in [-0.05, 0) is 38.4 Å². The highest BCUT2D eigenvalue weighted by Gasteiger charge is 2.27. The highest BCUT2D eigenvalue weighted by atomic mass is 16.5. The van der Waals surface area contributed by atoms with Crippen LogP contribution in [0.1, 0.15) is 37.7 Å². The second kappa shape index (κ2) is 6.47. The summed E-state index contributed by atoms with van der Waals surface area (Å²) >= 11 is 0. The minimum Gasteiger partial charge on any atom is -0.493 e. The van der Waals surface area contributed by atoms with Crippen LogP contribution in [0.3, 0.4) is 0 Å². The molecule has 0 saturated heterocycles. The highest BCUT2D eigenvalue weighted by molar-refractivity contribution is 5.38. The second-order valence-corrected chi connectivity index (χ2v) is 4.64. The molecule has 1 aliphatic rings. The van der Waals surface area contributed by atoms with Gasteiger partial charge in [0.25, 0.3) is 0 Å². The molecule has 2 nitrogen and oxygen atoms in total. The van der Waals surface area contributed by atoms with Gasteiger partial charge < -0.3 is 10.1 Å². The number of hydrogen-bond donors (Lipinski definition) is 1. The van der Waals surface area contributed by atoms with E-state index in [1.807, 2.05) is 20.0 Å². The van der Waals surface area contributed by atoms with Crippen molar-refractivity contribution in [2.45, 2.75) is 38.1 Å². The first kappa shape index (κ1) is 13.0. The van der Waals surface area contributed by atoms with E-state index in [4.69, 9.17) is 4.74 Å². The molecule has 1 aromatic carbocycles. The molecule has 0 radical (unpaired) electrons. The summed E-state index contributed by atoms with van der Waals surface area (Å²) in [5.74, 6) is 7.71. The molecule has 18 heavy (non-hydrogen) atoms. The molecule has 1 aromatic rings. The maximum absolute atomic E-state index is 5.72. The van der Waals surface area contributed by atoms with Crippen LogP contribution in [0.4, 0.5) is 0 Å². The Morgan fingerprint density at radius 3 is 3.06 bits per heavy atom. The maximum atomic E-state index is 5.72.